The second kappa shape index (κ2) is 3.49. The van der Waals surface area contributed by atoms with E-state index < -0.39 is 0 Å². The Kier molecular flexibility index (Phi) is 2.18. The molecule has 0 spiro atoms. The molecule has 0 aliphatic rings. The molecule has 0 atom stereocenters. The molecule has 0 saturated heterocycles. The third-order valence-corrected chi connectivity index (χ3v) is 2.00. The van der Waals surface area contributed by atoms with Gasteiger partial charge in [0.1, 0.15) is 5.76 Å². The molecule has 2 heterocycles. The summed E-state index contributed by atoms with van der Waals surface area (Å²) in [5, 5.41) is 0. The van der Waals surface area contributed by atoms with Gasteiger partial charge in [-0.1, -0.05) is 6.07 Å². The van der Waals surface area contributed by atoms with Crippen molar-refractivity contribution in [2.75, 3.05) is 5.73 Å². The van der Waals surface area contributed by atoms with Crippen molar-refractivity contribution in [3.63, 3.8) is 0 Å². The molecule has 2 aromatic rings. The minimum Gasteiger partial charge on any atom is -0.428 e. The number of anilines is 1. The average molecular weight is 189 g/mol. The van der Waals surface area contributed by atoms with E-state index in [9.17, 15) is 0 Å². The first kappa shape index (κ1) is 8.74. The minimum atomic E-state index is 0.224. The van der Waals surface area contributed by atoms with Gasteiger partial charge in [-0.25, -0.2) is 0 Å². The molecule has 2 rings (SSSR count). The second-order valence-corrected chi connectivity index (χ2v) is 3.10. The van der Waals surface area contributed by atoms with Crippen LogP contribution in [0.4, 0.5) is 6.01 Å². The third-order valence-electron chi connectivity index (χ3n) is 2.00. The van der Waals surface area contributed by atoms with E-state index in [0.717, 1.165) is 17.0 Å². The first-order valence-electron chi connectivity index (χ1n) is 4.36. The molecule has 4 nitrogen and oxygen atoms in total. The van der Waals surface area contributed by atoms with E-state index >= 15 is 0 Å². The number of rotatable bonds is 2. The number of hydrogen-bond acceptors (Lipinski definition) is 4. The molecule has 0 aromatic carbocycles. The van der Waals surface area contributed by atoms with Gasteiger partial charge in [-0.05, 0) is 18.6 Å². The maximum atomic E-state index is 5.44. The smallest absolute Gasteiger partial charge is 0.292 e. The van der Waals surface area contributed by atoms with Gasteiger partial charge in [0, 0.05) is 18.8 Å². The van der Waals surface area contributed by atoms with E-state index in [0.29, 0.717) is 6.42 Å². The van der Waals surface area contributed by atoms with Crippen molar-refractivity contribution in [1.82, 2.24) is 9.97 Å². The van der Waals surface area contributed by atoms with Crippen molar-refractivity contribution in [1.29, 1.82) is 0 Å². The topological polar surface area (TPSA) is 64.9 Å². The van der Waals surface area contributed by atoms with Crippen LogP contribution in [-0.2, 0) is 6.42 Å². The van der Waals surface area contributed by atoms with Crippen molar-refractivity contribution in [3.05, 3.63) is 41.5 Å². The van der Waals surface area contributed by atoms with Gasteiger partial charge >= 0.3 is 0 Å². The van der Waals surface area contributed by atoms with Gasteiger partial charge in [-0.3, -0.25) is 4.98 Å². The van der Waals surface area contributed by atoms with Gasteiger partial charge in [0.25, 0.3) is 6.01 Å². The fraction of sp³-hybridized carbons (Fsp3) is 0.200. The third kappa shape index (κ3) is 1.74. The summed E-state index contributed by atoms with van der Waals surface area (Å²) in [4.78, 5) is 8.02. The molecule has 2 aromatic heterocycles. The zero-order valence-electron chi connectivity index (χ0n) is 7.90. The molecule has 0 amide bonds. The van der Waals surface area contributed by atoms with Crippen molar-refractivity contribution in [2.24, 2.45) is 0 Å². The first-order chi connectivity index (χ1) is 6.75. The van der Waals surface area contributed by atoms with Crippen LogP contribution in [0.1, 0.15) is 17.0 Å². The number of nitrogens with zero attached hydrogens (tertiary/aromatic N) is 2. The van der Waals surface area contributed by atoms with E-state index in [4.69, 9.17) is 10.2 Å². The lowest BCUT2D eigenvalue weighted by Gasteiger charge is -1.96. The summed E-state index contributed by atoms with van der Waals surface area (Å²) in [7, 11) is 0. The van der Waals surface area contributed by atoms with Gasteiger partial charge < -0.3 is 10.2 Å². The summed E-state index contributed by atoms with van der Waals surface area (Å²) in [5.41, 5.74) is 7.37. The van der Waals surface area contributed by atoms with Crippen LogP contribution in [0.3, 0.4) is 0 Å². The Hall–Kier alpha value is -1.84. The molecule has 72 valence electrons. The quantitative estimate of drug-likeness (QED) is 0.778. The number of oxazole rings is 1. The Morgan fingerprint density at radius 1 is 1.50 bits per heavy atom. The largest absolute Gasteiger partial charge is 0.428 e. The molecule has 0 unspecified atom stereocenters. The molecular formula is C10H11N3O. The van der Waals surface area contributed by atoms with E-state index in [1.165, 1.54) is 0 Å². The number of aryl methyl sites for hydroxylation is 1. The van der Waals surface area contributed by atoms with Crippen molar-refractivity contribution in [2.45, 2.75) is 13.3 Å². The summed E-state index contributed by atoms with van der Waals surface area (Å²) in [5.74, 6) is 0.801. The molecule has 14 heavy (non-hydrogen) atoms. The van der Waals surface area contributed by atoms with Gasteiger partial charge in [-0.2, -0.15) is 4.98 Å². The van der Waals surface area contributed by atoms with Crippen LogP contribution in [0.2, 0.25) is 0 Å². The van der Waals surface area contributed by atoms with Crippen LogP contribution < -0.4 is 5.73 Å². The van der Waals surface area contributed by atoms with Gasteiger partial charge in [0.05, 0.1) is 5.69 Å². The minimum absolute atomic E-state index is 0.224. The second-order valence-electron chi connectivity index (χ2n) is 3.10. The van der Waals surface area contributed by atoms with Crippen LogP contribution in [-0.4, -0.2) is 9.97 Å². The Bertz CT molecular complexity index is 422. The zero-order chi connectivity index (χ0) is 9.97. The van der Waals surface area contributed by atoms with E-state index in [1.807, 2.05) is 19.1 Å². The van der Waals surface area contributed by atoms with Crippen molar-refractivity contribution < 1.29 is 4.42 Å². The molecule has 0 fully saturated rings. The maximum Gasteiger partial charge on any atom is 0.292 e. The highest BCUT2D eigenvalue weighted by Gasteiger charge is 2.07. The highest BCUT2D eigenvalue weighted by atomic mass is 16.4. The highest BCUT2D eigenvalue weighted by Crippen LogP contribution is 2.15. The number of nitrogen functional groups attached to an aromatic ring is 1. The predicted molar refractivity (Wildman–Crippen MR) is 52.7 cm³/mol. The van der Waals surface area contributed by atoms with Crippen LogP contribution >= 0.6 is 0 Å². The highest BCUT2D eigenvalue weighted by molar-refractivity contribution is 5.24. The molecule has 0 aliphatic carbocycles. The van der Waals surface area contributed by atoms with E-state index in [-0.39, 0.29) is 6.01 Å². The zero-order valence-corrected chi connectivity index (χ0v) is 7.90. The maximum absolute atomic E-state index is 5.44. The number of aromatic nitrogens is 2. The molecule has 0 radical (unpaired) electrons. The monoisotopic (exact) mass is 189 g/mol. The molecule has 0 aliphatic heterocycles. The summed E-state index contributed by atoms with van der Waals surface area (Å²) in [6.07, 6.45) is 4.23. The van der Waals surface area contributed by atoms with E-state index in [1.54, 1.807) is 12.4 Å². The van der Waals surface area contributed by atoms with Crippen LogP contribution in [0.25, 0.3) is 0 Å². The molecule has 0 bridgehead atoms. The number of pyridine rings is 1. The van der Waals surface area contributed by atoms with Gasteiger partial charge in [-0.15, -0.1) is 0 Å². The SMILES string of the molecule is Cc1nc(N)oc1Cc1cccnc1. The Morgan fingerprint density at radius 2 is 2.36 bits per heavy atom. The molecule has 4 heteroatoms. The predicted octanol–water partition coefficient (Wildman–Crippen LogP) is 1.55. The Balaban J connectivity index is 2.23. The van der Waals surface area contributed by atoms with Gasteiger partial charge in [0.15, 0.2) is 0 Å². The first-order valence-corrected chi connectivity index (χ1v) is 4.36. The molecular weight excluding hydrogens is 178 g/mol. The Morgan fingerprint density at radius 3 is 2.93 bits per heavy atom. The Labute approximate surface area is 81.8 Å². The summed E-state index contributed by atoms with van der Waals surface area (Å²) in [6.45, 7) is 1.88. The summed E-state index contributed by atoms with van der Waals surface area (Å²) < 4.78 is 5.26. The molecule has 2 N–H and O–H groups in total. The lowest BCUT2D eigenvalue weighted by atomic mass is 10.1. The van der Waals surface area contributed by atoms with E-state index in [2.05, 4.69) is 9.97 Å². The van der Waals surface area contributed by atoms with Crippen LogP contribution in [0, 0.1) is 6.92 Å². The summed E-state index contributed by atoms with van der Waals surface area (Å²) in [6, 6.07) is 4.11. The summed E-state index contributed by atoms with van der Waals surface area (Å²) >= 11 is 0. The molecule has 0 saturated carbocycles. The average Bonchev–Trinajstić information content (AvgIpc) is 2.47. The number of nitrogens with two attached hydrogens (primary N) is 1. The lowest BCUT2D eigenvalue weighted by molar-refractivity contribution is 0.532. The lowest BCUT2D eigenvalue weighted by Crippen LogP contribution is -1.88. The normalized spacial score (nSPS) is 10.4. The fourth-order valence-electron chi connectivity index (χ4n) is 1.30. The van der Waals surface area contributed by atoms with Crippen LogP contribution in [0.5, 0.6) is 0 Å². The van der Waals surface area contributed by atoms with Crippen molar-refractivity contribution in [3.8, 4) is 0 Å². The van der Waals surface area contributed by atoms with Gasteiger partial charge in [0.2, 0.25) is 0 Å². The fourth-order valence-corrected chi connectivity index (χ4v) is 1.30. The van der Waals surface area contributed by atoms with Crippen LogP contribution in [0.15, 0.2) is 28.9 Å². The standard InChI is InChI=1S/C10H11N3O/c1-7-9(14-10(11)13-7)5-8-3-2-4-12-6-8/h2-4,6H,5H2,1H3,(H2,11,13). The number of hydrogen-bond donors (Lipinski definition) is 1. The van der Waals surface area contributed by atoms with Crippen molar-refractivity contribution >= 4 is 6.01 Å².